The third kappa shape index (κ3) is 1.78. The largest absolute Gasteiger partial charge is 0.484 e. The van der Waals surface area contributed by atoms with E-state index >= 15 is 0 Å². The molecule has 7 heteroatoms. The summed E-state index contributed by atoms with van der Waals surface area (Å²) in [7, 11) is 0. The fourth-order valence-electron chi connectivity index (χ4n) is 2.11. The Morgan fingerprint density at radius 3 is 2.60 bits per heavy atom. The zero-order chi connectivity index (χ0) is 13.4. The number of hydrogen-bond donors (Lipinski definition) is 0. The van der Waals surface area contributed by atoms with Crippen molar-refractivity contribution in [2.45, 2.75) is 0 Å². The molecule has 0 amide bonds. The van der Waals surface area contributed by atoms with Gasteiger partial charge in [0.05, 0.1) is 11.8 Å². The van der Waals surface area contributed by atoms with E-state index in [0.717, 1.165) is 5.56 Å². The van der Waals surface area contributed by atoms with Crippen molar-refractivity contribution in [1.29, 1.82) is 0 Å². The number of pyridine rings is 1. The molecule has 2 aromatic heterocycles. The second kappa shape index (κ2) is 4.52. The Morgan fingerprint density at radius 2 is 1.65 bits per heavy atom. The first-order valence-corrected chi connectivity index (χ1v) is 6.29. The molecular formula is C13H11N3O4. The van der Waals surface area contributed by atoms with Gasteiger partial charge in [0.1, 0.15) is 26.4 Å². The highest BCUT2D eigenvalue weighted by Crippen LogP contribution is 2.38. The topological polar surface area (TPSA) is 75.6 Å². The minimum absolute atomic E-state index is 0.448. The van der Waals surface area contributed by atoms with Gasteiger partial charge in [0.2, 0.25) is 0 Å². The molecule has 0 unspecified atom stereocenters. The number of fused-ring (bicyclic) bond motifs is 2. The minimum Gasteiger partial charge on any atom is -0.484 e. The monoisotopic (exact) mass is 273 g/mol. The van der Waals surface area contributed by atoms with Crippen molar-refractivity contribution in [3.05, 3.63) is 18.5 Å². The van der Waals surface area contributed by atoms with Gasteiger partial charge < -0.3 is 18.9 Å². The minimum atomic E-state index is 0.448. The maximum Gasteiger partial charge on any atom is 0.260 e. The Hall–Kier alpha value is -2.57. The van der Waals surface area contributed by atoms with E-state index in [0.29, 0.717) is 55.5 Å². The van der Waals surface area contributed by atoms with Gasteiger partial charge in [0.15, 0.2) is 17.3 Å². The Bertz CT molecular complexity index is 662. The number of rotatable bonds is 1. The molecule has 4 heterocycles. The first kappa shape index (κ1) is 11.3. The van der Waals surface area contributed by atoms with Crippen molar-refractivity contribution in [3.8, 4) is 34.6 Å². The molecule has 0 aromatic carbocycles. The van der Waals surface area contributed by atoms with Crippen LogP contribution in [0, 0.1) is 0 Å². The van der Waals surface area contributed by atoms with Gasteiger partial charge in [-0.15, -0.1) is 0 Å². The number of ether oxygens (including phenoxy) is 4. The van der Waals surface area contributed by atoms with E-state index in [1.165, 1.54) is 0 Å². The fourth-order valence-corrected chi connectivity index (χ4v) is 2.11. The molecular weight excluding hydrogens is 262 g/mol. The molecule has 0 bridgehead atoms. The summed E-state index contributed by atoms with van der Waals surface area (Å²) in [5.41, 5.74) is 0.728. The van der Waals surface area contributed by atoms with Gasteiger partial charge in [-0.1, -0.05) is 0 Å². The third-order valence-electron chi connectivity index (χ3n) is 2.98. The van der Waals surface area contributed by atoms with Crippen LogP contribution in [0.5, 0.6) is 23.3 Å². The van der Waals surface area contributed by atoms with Crippen molar-refractivity contribution in [2.75, 3.05) is 26.4 Å². The van der Waals surface area contributed by atoms with Gasteiger partial charge in [-0.3, -0.25) is 0 Å². The van der Waals surface area contributed by atoms with Crippen molar-refractivity contribution in [1.82, 2.24) is 15.0 Å². The molecule has 0 atom stereocenters. The molecule has 7 nitrogen and oxygen atoms in total. The molecule has 0 radical (unpaired) electrons. The predicted molar refractivity (Wildman–Crippen MR) is 67.2 cm³/mol. The molecule has 102 valence electrons. The van der Waals surface area contributed by atoms with Crippen LogP contribution in [-0.4, -0.2) is 41.4 Å². The predicted octanol–water partition coefficient (Wildman–Crippen LogP) is 1.08. The molecule has 20 heavy (non-hydrogen) atoms. The normalized spacial score (nSPS) is 15.8. The average molecular weight is 273 g/mol. The number of hydrogen-bond acceptors (Lipinski definition) is 7. The summed E-state index contributed by atoms with van der Waals surface area (Å²) in [5, 5.41) is 0. The van der Waals surface area contributed by atoms with Crippen molar-refractivity contribution < 1.29 is 18.9 Å². The maximum atomic E-state index is 5.61. The Balaban J connectivity index is 1.81. The van der Waals surface area contributed by atoms with Gasteiger partial charge >= 0.3 is 0 Å². The lowest BCUT2D eigenvalue weighted by atomic mass is 10.2. The van der Waals surface area contributed by atoms with Gasteiger partial charge in [0.25, 0.3) is 11.8 Å². The highest BCUT2D eigenvalue weighted by molar-refractivity contribution is 5.67. The van der Waals surface area contributed by atoms with Gasteiger partial charge in [0, 0.05) is 6.20 Å². The van der Waals surface area contributed by atoms with E-state index in [1.54, 1.807) is 18.5 Å². The maximum absolute atomic E-state index is 5.61. The fraction of sp³-hybridized carbons (Fsp3) is 0.308. The summed E-state index contributed by atoms with van der Waals surface area (Å²) in [6, 6.07) is 1.79. The summed E-state index contributed by atoms with van der Waals surface area (Å²) < 4.78 is 21.9. The smallest absolute Gasteiger partial charge is 0.260 e. The second-order valence-corrected chi connectivity index (χ2v) is 4.25. The Kier molecular flexibility index (Phi) is 2.55. The lowest BCUT2D eigenvalue weighted by Crippen LogP contribution is -2.18. The van der Waals surface area contributed by atoms with E-state index in [1.807, 2.05) is 0 Å². The van der Waals surface area contributed by atoms with Crippen LogP contribution in [0.3, 0.4) is 0 Å². The molecule has 0 N–H and O–H groups in total. The van der Waals surface area contributed by atoms with E-state index in [9.17, 15) is 0 Å². The zero-order valence-electron chi connectivity index (χ0n) is 10.5. The number of nitrogens with zero attached hydrogens (tertiary/aromatic N) is 3. The van der Waals surface area contributed by atoms with Crippen LogP contribution in [0.2, 0.25) is 0 Å². The van der Waals surface area contributed by atoms with Crippen LogP contribution in [0.25, 0.3) is 11.4 Å². The molecule has 0 aliphatic carbocycles. The van der Waals surface area contributed by atoms with Crippen LogP contribution in [0.4, 0.5) is 0 Å². The highest BCUT2D eigenvalue weighted by Gasteiger charge is 2.22. The Labute approximate surface area is 114 Å². The summed E-state index contributed by atoms with van der Waals surface area (Å²) in [4.78, 5) is 12.8. The van der Waals surface area contributed by atoms with Crippen LogP contribution in [0.15, 0.2) is 18.5 Å². The third-order valence-corrected chi connectivity index (χ3v) is 2.98. The molecule has 2 aliphatic rings. The summed E-state index contributed by atoms with van der Waals surface area (Å²) >= 11 is 0. The Morgan fingerprint density at radius 1 is 0.850 bits per heavy atom. The highest BCUT2D eigenvalue weighted by atomic mass is 16.6. The molecule has 2 aromatic rings. The standard InChI is InChI=1S/C13H11N3O4/c1-2-14-13-10(18-4-6-20-13)8(1)11-15-7-9-12(16-11)19-5-3-17-9/h1-2,7H,3-6H2. The molecule has 4 rings (SSSR count). The van der Waals surface area contributed by atoms with Crippen LogP contribution in [-0.2, 0) is 0 Å². The van der Waals surface area contributed by atoms with E-state index in [4.69, 9.17) is 18.9 Å². The average Bonchev–Trinajstić information content (AvgIpc) is 2.54. The van der Waals surface area contributed by atoms with Gasteiger partial charge in [-0.05, 0) is 6.07 Å². The van der Waals surface area contributed by atoms with Crippen molar-refractivity contribution in [3.63, 3.8) is 0 Å². The lowest BCUT2D eigenvalue weighted by Gasteiger charge is -2.20. The summed E-state index contributed by atoms with van der Waals surface area (Å²) in [6.45, 7) is 1.97. The second-order valence-electron chi connectivity index (χ2n) is 4.25. The molecule has 2 aliphatic heterocycles. The quantitative estimate of drug-likeness (QED) is 0.769. The summed E-state index contributed by atoms with van der Waals surface area (Å²) in [5.74, 6) is 2.53. The van der Waals surface area contributed by atoms with Crippen LogP contribution >= 0.6 is 0 Å². The number of aromatic nitrogens is 3. The first-order chi connectivity index (χ1) is 9.92. The van der Waals surface area contributed by atoms with Crippen LogP contribution in [0.1, 0.15) is 0 Å². The first-order valence-electron chi connectivity index (χ1n) is 6.29. The summed E-state index contributed by atoms with van der Waals surface area (Å²) in [6.07, 6.45) is 3.25. The molecule has 0 saturated carbocycles. The van der Waals surface area contributed by atoms with Gasteiger partial charge in [-0.2, -0.15) is 4.98 Å². The van der Waals surface area contributed by atoms with Crippen molar-refractivity contribution >= 4 is 0 Å². The van der Waals surface area contributed by atoms with Crippen molar-refractivity contribution in [2.24, 2.45) is 0 Å². The van der Waals surface area contributed by atoms with E-state index in [2.05, 4.69) is 15.0 Å². The lowest BCUT2D eigenvalue weighted by molar-refractivity contribution is 0.162. The van der Waals surface area contributed by atoms with Crippen LogP contribution < -0.4 is 18.9 Å². The zero-order valence-corrected chi connectivity index (χ0v) is 10.5. The molecule has 0 spiro atoms. The van der Waals surface area contributed by atoms with Gasteiger partial charge in [-0.25, -0.2) is 9.97 Å². The SMILES string of the molecule is c1cc(-c2ncc3c(n2)OCCO3)c2c(n1)OCCO2. The molecule has 0 saturated heterocycles. The van der Waals surface area contributed by atoms with E-state index < -0.39 is 0 Å². The van der Waals surface area contributed by atoms with E-state index in [-0.39, 0.29) is 0 Å². The molecule has 0 fully saturated rings.